The molecule has 0 bridgehead atoms. The lowest BCUT2D eigenvalue weighted by atomic mass is 9.90. The molecule has 0 amide bonds. The molecule has 35 heavy (non-hydrogen) atoms. The Labute approximate surface area is 210 Å². The van der Waals surface area contributed by atoms with E-state index in [0.29, 0.717) is 18.0 Å². The van der Waals surface area contributed by atoms with Crippen LogP contribution in [0.5, 0.6) is 0 Å². The van der Waals surface area contributed by atoms with Gasteiger partial charge in [0.05, 0.1) is 5.39 Å². The number of carbonyl (C=O) groups excluding carboxylic acids is 1. The summed E-state index contributed by atoms with van der Waals surface area (Å²) in [6, 6.07) is 4.97. The smallest absolute Gasteiger partial charge is 0.184 e. The quantitative estimate of drug-likeness (QED) is 0.518. The largest absolute Gasteiger partial charge is 0.357 e. The minimum Gasteiger partial charge on any atom is -0.357 e. The molecule has 3 fully saturated rings. The second-order valence-electron chi connectivity index (χ2n) is 11.1. The lowest BCUT2D eigenvalue weighted by Crippen LogP contribution is -2.41. The van der Waals surface area contributed by atoms with Crippen molar-refractivity contribution in [1.82, 2.24) is 24.6 Å². The summed E-state index contributed by atoms with van der Waals surface area (Å²) in [5.41, 5.74) is 1.44. The van der Waals surface area contributed by atoms with Gasteiger partial charge in [0.15, 0.2) is 11.4 Å². The number of anilines is 1. The average Bonchev–Trinajstić information content (AvgIpc) is 3.36. The first-order chi connectivity index (χ1) is 17.1. The van der Waals surface area contributed by atoms with E-state index in [1.165, 1.54) is 64.6 Å². The van der Waals surface area contributed by atoms with Crippen LogP contribution in [-0.4, -0.2) is 82.2 Å². The highest BCUT2D eigenvalue weighted by Crippen LogP contribution is 2.27. The van der Waals surface area contributed by atoms with E-state index in [9.17, 15) is 4.79 Å². The van der Waals surface area contributed by atoms with Crippen LogP contribution in [0.1, 0.15) is 81.6 Å². The number of pyridine rings is 1. The minimum atomic E-state index is 0.182. The molecule has 7 nitrogen and oxygen atoms in total. The number of hydrogen-bond acceptors (Lipinski definition) is 6. The van der Waals surface area contributed by atoms with Gasteiger partial charge in [0.1, 0.15) is 11.5 Å². The predicted octanol–water partition coefficient (Wildman–Crippen LogP) is 4.51. The predicted molar refractivity (Wildman–Crippen MR) is 142 cm³/mol. The van der Waals surface area contributed by atoms with Gasteiger partial charge in [-0.05, 0) is 82.6 Å². The van der Waals surface area contributed by atoms with Crippen LogP contribution >= 0.6 is 0 Å². The number of Topliss-reactive ketones (excluding diaryl/α,β-unsaturated/α-hetero) is 1. The SMILES string of the molecule is CC[C@@H]1CCCN1CCN1CCC(CC(=O)c2nn(C)c3nc(N4CCCCCC4)ccc23)CC1. The van der Waals surface area contributed by atoms with Crippen molar-refractivity contribution in [2.75, 3.05) is 50.7 Å². The molecule has 0 radical (unpaired) electrons. The van der Waals surface area contributed by atoms with Crippen LogP contribution in [0.3, 0.4) is 0 Å². The Bertz CT molecular complexity index is 987. The van der Waals surface area contributed by atoms with Gasteiger partial charge in [-0.3, -0.25) is 9.69 Å². The van der Waals surface area contributed by atoms with Crippen LogP contribution in [0.25, 0.3) is 11.0 Å². The van der Waals surface area contributed by atoms with E-state index in [1.807, 2.05) is 7.05 Å². The van der Waals surface area contributed by atoms with E-state index in [0.717, 1.165) is 61.9 Å². The summed E-state index contributed by atoms with van der Waals surface area (Å²) in [6.07, 6.45) is 11.9. The van der Waals surface area contributed by atoms with Gasteiger partial charge >= 0.3 is 0 Å². The monoisotopic (exact) mass is 480 g/mol. The van der Waals surface area contributed by atoms with Crippen LogP contribution in [0.15, 0.2) is 12.1 Å². The fraction of sp³-hybridized carbons (Fsp3) is 0.750. The Morgan fingerprint density at radius 2 is 1.71 bits per heavy atom. The number of nitrogens with zero attached hydrogens (tertiary/aromatic N) is 6. The zero-order chi connectivity index (χ0) is 24.2. The number of hydrogen-bond donors (Lipinski definition) is 0. The zero-order valence-electron chi connectivity index (χ0n) is 21.9. The van der Waals surface area contributed by atoms with Gasteiger partial charge in [0.2, 0.25) is 0 Å². The number of aryl methyl sites for hydroxylation is 1. The molecule has 2 aromatic rings. The summed E-state index contributed by atoms with van der Waals surface area (Å²) in [4.78, 5) is 25.9. The third kappa shape index (κ3) is 5.72. The third-order valence-electron chi connectivity index (χ3n) is 8.72. The second-order valence-corrected chi connectivity index (χ2v) is 11.1. The molecule has 1 atom stereocenters. The molecule has 0 aromatic carbocycles. The zero-order valence-corrected chi connectivity index (χ0v) is 21.9. The Morgan fingerprint density at radius 3 is 2.46 bits per heavy atom. The molecule has 0 spiro atoms. The van der Waals surface area contributed by atoms with Gasteiger partial charge in [-0.1, -0.05) is 19.8 Å². The van der Waals surface area contributed by atoms with E-state index >= 15 is 0 Å². The van der Waals surface area contributed by atoms with Crippen molar-refractivity contribution in [2.45, 2.75) is 77.2 Å². The van der Waals surface area contributed by atoms with Crippen molar-refractivity contribution >= 4 is 22.6 Å². The molecule has 0 unspecified atom stereocenters. The highest BCUT2D eigenvalue weighted by atomic mass is 16.1. The van der Waals surface area contributed by atoms with Gasteiger partial charge in [-0.15, -0.1) is 0 Å². The minimum absolute atomic E-state index is 0.182. The van der Waals surface area contributed by atoms with Gasteiger partial charge in [0.25, 0.3) is 0 Å². The molecular weight excluding hydrogens is 436 g/mol. The average molecular weight is 481 g/mol. The first-order valence-electron chi connectivity index (χ1n) is 14.2. The van der Waals surface area contributed by atoms with Crippen LogP contribution in [-0.2, 0) is 7.05 Å². The number of carbonyl (C=O) groups is 1. The molecule has 3 saturated heterocycles. The summed E-state index contributed by atoms with van der Waals surface area (Å²) in [7, 11) is 1.92. The molecule has 5 rings (SSSR count). The van der Waals surface area contributed by atoms with Crippen LogP contribution in [0.4, 0.5) is 5.82 Å². The maximum Gasteiger partial charge on any atom is 0.184 e. The standard InChI is InChI=1S/C28H44N6O/c1-3-23-9-8-16-33(23)20-19-32-17-12-22(13-18-32)21-25(35)27-24-10-11-26(29-28(24)31(2)30-27)34-14-6-4-5-7-15-34/h10-11,22-23H,3-9,12-21H2,1-2H3/t23-/m1/s1. The first-order valence-corrected chi connectivity index (χ1v) is 14.2. The maximum absolute atomic E-state index is 13.3. The van der Waals surface area contributed by atoms with Crippen molar-refractivity contribution in [3.8, 4) is 0 Å². The molecule has 0 saturated carbocycles. The maximum atomic E-state index is 13.3. The van der Waals surface area contributed by atoms with E-state index in [4.69, 9.17) is 4.98 Å². The molecule has 192 valence electrons. The summed E-state index contributed by atoms with van der Waals surface area (Å²) in [5.74, 6) is 1.67. The number of likely N-dealkylation sites (tertiary alicyclic amines) is 2. The topological polar surface area (TPSA) is 57.5 Å². The molecule has 3 aliphatic heterocycles. The summed E-state index contributed by atoms with van der Waals surface area (Å²) >= 11 is 0. The van der Waals surface area contributed by atoms with Crippen LogP contribution < -0.4 is 4.90 Å². The van der Waals surface area contributed by atoms with Crippen molar-refractivity contribution in [1.29, 1.82) is 0 Å². The molecule has 3 aliphatic rings. The summed E-state index contributed by atoms with van der Waals surface area (Å²) < 4.78 is 1.80. The summed E-state index contributed by atoms with van der Waals surface area (Å²) in [6.45, 7) is 10.3. The Kier molecular flexibility index (Phi) is 8.03. The number of piperidine rings is 1. The van der Waals surface area contributed by atoms with Crippen molar-refractivity contribution < 1.29 is 4.79 Å². The summed E-state index contributed by atoms with van der Waals surface area (Å²) in [5, 5.41) is 5.54. The highest BCUT2D eigenvalue weighted by Gasteiger charge is 2.27. The number of rotatable bonds is 8. The van der Waals surface area contributed by atoms with E-state index in [-0.39, 0.29) is 5.78 Å². The van der Waals surface area contributed by atoms with Gasteiger partial charge in [-0.25, -0.2) is 9.67 Å². The van der Waals surface area contributed by atoms with Gasteiger partial charge in [-0.2, -0.15) is 5.10 Å². The fourth-order valence-corrected chi connectivity index (χ4v) is 6.50. The Hall–Kier alpha value is -1.99. The number of aromatic nitrogens is 3. The Balaban J connectivity index is 1.16. The Morgan fingerprint density at radius 1 is 0.943 bits per heavy atom. The molecule has 7 heteroatoms. The third-order valence-corrected chi connectivity index (χ3v) is 8.72. The van der Waals surface area contributed by atoms with E-state index in [1.54, 1.807) is 4.68 Å². The fourth-order valence-electron chi connectivity index (χ4n) is 6.50. The van der Waals surface area contributed by atoms with Crippen molar-refractivity contribution in [3.63, 3.8) is 0 Å². The second kappa shape index (κ2) is 11.4. The molecule has 0 aliphatic carbocycles. The van der Waals surface area contributed by atoms with Crippen LogP contribution in [0, 0.1) is 5.92 Å². The molecule has 0 N–H and O–H groups in total. The lowest BCUT2D eigenvalue weighted by Gasteiger charge is -2.33. The van der Waals surface area contributed by atoms with Gasteiger partial charge < -0.3 is 9.80 Å². The van der Waals surface area contributed by atoms with Crippen molar-refractivity contribution in [2.24, 2.45) is 13.0 Å². The van der Waals surface area contributed by atoms with Crippen LogP contribution in [0.2, 0.25) is 0 Å². The van der Waals surface area contributed by atoms with Gasteiger partial charge in [0, 0.05) is 45.7 Å². The normalized spacial score (nSPS) is 23.3. The molecular formula is C28H44N6O. The molecule has 2 aromatic heterocycles. The van der Waals surface area contributed by atoms with Crippen molar-refractivity contribution in [3.05, 3.63) is 17.8 Å². The lowest BCUT2D eigenvalue weighted by molar-refractivity contribution is 0.0916. The first kappa shape index (κ1) is 24.7. The molecule has 5 heterocycles. The van der Waals surface area contributed by atoms with E-state index in [2.05, 4.69) is 38.9 Å². The number of ketones is 1. The highest BCUT2D eigenvalue weighted by molar-refractivity contribution is 6.05. The number of fused-ring (bicyclic) bond motifs is 1. The van der Waals surface area contributed by atoms with E-state index < -0.39 is 0 Å².